The van der Waals surface area contributed by atoms with E-state index in [1.807, 2.05) is 0 Å². The first-order valence-electron chi connectivity index (χ1n) is 8.48. The molecule has 0 saturated heterocycles. The number of rotatable bonds is 2. The lowest BCUT2D eigenvalue weighted by molar-refractivity contribution is 0.0894. The Morgan fingerprint density at radius 1 is 1.22 bits per heavy atom. The third kappa shape index (κ3) is 2.60. The zero-order valence-electron chi connectivity index (χ0n) is 14.0. The molecule has 1 aromatic carbocycles. The normalized spacial score (nSPS) is 20.3. The van der Waals surface area contributed by atoms with E-state index in [2.05, 4.69) is 41.8 Å². The van der Waals surface area contributed by atoms with Crippen LogP contribution in [-0.4, -0.2) is 35.9 Å². The molecule has 3 nitrogen and oxygen atoms in total. The second kappa shape index (κ2) is 6.29. The Hall–Kier alpha value is -1.32. The number of halogens is 1. The van der Waals surface area contributed by atoms with Crippen LogP contribution in [0.3, 0.4) is 0 Å². The molecule has 2 aliphatic rings. The Kier molecular flexibility index (Phi) is 4.52. The number of Topliss-reactive ketones (excluding diaryl/α,β-unsaturated/α-hetero) is 1. The van der Waals surface area contributed by atoms with Crippen LogP contribution in [0.25, 0.3) is 10.9 Å². The third-order valence-corrected chi connectivity index (χ3v) is 5.27. The van der Waals surface area contributed by atoms with E-state index in [0.717, 1.165) is 44.3 Å². The molecule has 4 heteroatoms. The second-order valence-corrected chi connectivity index (χ2v) is 7.11. The van der Waals surface area contributed by atoms with E-state index in [4.69, 9.17) is 0 Å². The Morgan fingerprint density at radius 2 is 2.04 bits per heavy atom. The highest BCUT2D eigenvalue weighted by Gasteiger charge is 2.32. The second-order valence-electron chi connectivity index (χ2n) is 7.11. The van der Waals surface area contributed by atoms with Crippen molar-refractivity contribution in [2.45, 2.75) is 38.6 Å². The highest BCUT2D eigenvalue weighted by atomic mass is 35.5. The maximum Gasteiger partial charge on any atom is 0.169 e. The quantitative estimate of drug-likeness (QED) is 0.783. The highest BCUT2D eigenvalue weighted by Crippen LogP contribution is 2.37. The van der Waals surface area contributed by atoms with Crippen molar-refractivity contribution in [1.82, 2.24) is 9.47 Å². The van der Waals surface area contributed by atoms with Gasteiger partial charge in [-0.25, -0.2) is 0 Å². The minimum absolute atomic E-state index is 0. The van der Waals surface area contributed by atoms with E-state index >= 15 is 0 Å². The molecule has 1 aromatic heterocycles. The number of carbonyl (C=O) groups is 1. The summed E-state index contributed by atoms with van der Waals surface area (Å²) < 4.78 is 2.46. The van der Waals surface area contributed by atoms with E-state index in [-0.39, 0.29) is 18.3 Å². The van der Waals surface area contributed by atoms with Gasteiger partial charge in [0.05, 0.1) is 5.52 Å². The van der Waals surface area contributed by atoms with Crippen molar-refractivity contribution in [2.24, 2.45) is 5.92 Å². The fourth-order valence-corrected chi connectivity index (χ4v) is 4.41. The summed E-state index contributed by atoms with van der Waals surface area (Å²) in [5.41, 5.74) is 5.13. The molecule has 0 N–H and O–H groups in total. The number of para-hydroxylation sites is 1. The van der Waals surface area contributed by atoms with Crippen LogP contribution in [0, 0.1) is 5.92 Å². The minimum Gasteiger partial charge on any atom is -0.344 e. The SMILES string of the molecule is CN(C)CC1CCCc2c(c3cccc4c3n2CCC4)C1=O.Cl. The van der Waals surface area contributed by atoms with Gasteiger partial charge in [-0.05, 0) is 51.8 Å². The maximum absolute atomic E-state index is 13.2. The molecular weight excluding hydrogens is 308 g/mol. The molecular formula is C19H25ClN2O. The number of hydrogen-bond acceptors (Lipinski definition) is 2. The number of aromatic nitrogens is 1. The number of nitrogens with zero attached hydrogens (tertiary/aromatic N) is 2. The molecule has 0 saturated carbocycles. The molecule has 23 heavy (non-hydrogen) atoms. The maximum atomic E-state index is 13.2. The molecule has 4 rings (SSSR count). The molecule has 0 spiro atoms. The van der Waals surface area contributed by atoms with Gasteiger partial charge >= 0.3 is 0 Å². The molecule has 1 aliphatic heterocycles. The first-order chi connectivity index (χ1) is 10.7. The van der Waals surface area contributed by atoms with Gasteiger partial charge in [0.2, 0.25) is 0 Å². The van der Waals surface area contributed by atoms with Gasteiger partial charge in [-0.2, -0.15) is 0 Å². The summed E-state index contributed by atoms with van der Waals surface area (Å²) in [5, 5.41) is 1.21. The predicted molar refractivity (Wildman–Crippen MR) is 96.8 cm³/mol. The number of fused-ring (bicyclic) bond motifs is 3. The van der Waals surface area contributed by atoms with Crippen molar-refractivity contribution < 1.29 is 4.79 Å². The molecule has 0 amide bonds. The van der Waals surface area contributed by atoms with Crippen LogP contribution in [-0.2, 0) is 19.4 Å². The molecule has 1 atom stereocenters. The van der Waals surface area contributed by atoms with Gasteiger partial charge in [0.1, 0.15) is 0 Å². The summed E-state index contributed by atoms with van der Waals surface area (Å²) in [6, 6.07) is 6.53. The number of benzene rings is 1. The zero-order valence-corrected chi connectivity index (χ0v) is 14.8. The Labute approximate surface area is 144 Å². The van der Waals surface area contributed by atoms with Crippen LogP contribution in [0.15, 0.2) is 18.2 Å². The highest BCUT2D eigenvalue weighted by molar-refractivity contribution is 6.11. The Bertz CT molecular complexity index is 747. The van der Waals surface area contributed by atoms with Crippen molar-refractivity contribution in [3.63, 3.8) is 0 Å². The Morgan fingerprint density at radius 3 is 2.83 bits per heavy atom. The smallest absolute Gasteiger partial charge is 0.169 e. The minimum atomic E-state index is 0. The number of hydrogen-bond donors (Lipinski definition) is 0. The van der Waals surface area contributed by atoms with Crippen LogP contribution >= 0.6 is 12.4 Å². The van der Waals surface area contributed by atoms with Crippen molar-refractivity contribution in [3.8, 4) is 0 Å². The lowest BCUT2D eigenvalue weighted by Gasteiger charge is -2.18. The van der Waals surface area contributed by atoms with E-state index in [1.54, 1.807) is 0 Å². The lowest BCUT2D eigenvalue weighted by Crippen LogP contribution is -2.27. The zero-order chi connectivity index (χ0) is 15.3. The van der Waals surface area contributed by atoms with Gasteiger partial charge in [-0.1, -0.05) is 18.2 Å². The number of ketones is 1. The van der Waals surface area contributed by atoms with Gasteiger partial charge in [-0.15, -0.1) is 12.4 Å². The number of carbonyl (C=O) groups excluding carboxylic acids is 1. The van der Waals surface area contributed by atoms with Gasteiger partial charge in [0, 0.05) is 35.7 Å². The van der Waals surface area contributed by atoms with E-state index in [9.17, 15) is 4.79 Å². The summed E-state index contributed by atoms with van der Waals surface area (Å²) in [6.45, 7) is 1.94. The monoisotopic (exact) mass is 332 g/mol. The van der Waals surface area contributed by atoms with Crippen LogP contribution < -0.4 is 0 Å². The summed E-state index contributed by atoms with van der Waals surface area (Å²) in [7, 11) is 4.13. The molecule has 0 radical (unpaired) electrons. The van der Waals surface area contributed by atoms with Crippen LogP contribution in [0.2, 0.25) is 0 Å². The molecule has 1 unspecified atom stereocenters. The third-order valence-electron chi connectivity index (χ3n) is 5.27. The van der Waals surface area contributed by atoms with E-state index in [1.165, 1.54) is 28.6 Å². The largest absolute Gasteiger partial charge is 0.344 e. The molecule has 2 aromatic rings. The molecule has 124 valence electrons. The van der Waals surface area contributed by atoms with E-state index in [0.29, 0.717) is 5.78 Å². The average Bonchev–Trinajstić information content (AvgIpc) is 2.72. The standard InChI is InChI=1S/C19H24N2O.ClH/c1-20(2)12-14-7-4-10-16-17(19(14)22)15-9-3-6-13-8-5-11-21(16)18(13)15;/h3,6,9,14H,4-5,7-8,10-12H2,1-2H3;1H. The molecule has 0 fully saturated rings. The topological polar surface area (TPSA) is 25.2 Å². The van der Waals surface area contributed by atoms with Crippen molar-refractivity contribution in [1.29, 1.82) is 0 Å². The molecule has 0 bridgehead atoms. The lowest BCUT2D eigenvalue weighted by atomic mass is 9.93. The fraction of sp³-hybridized carbons (Fsp3) is 0.526. The van der Waals surface area contributed by atoms with Gasteiger partial charge in [0.15, 0.2) is 5.78 Å². The summed E-state index contributed by atoms with van der Waals surface area (Å²) in [6.07, 6.45) is 5.55. The fourth-order valence-electron chi connectivity index (χ4n) is 4.41. The van der Waals surface area contributed by atoms with Crippen molar-refractivity contribution in [2.75, 3.05) is 20.6 Å². The van der Waals surface area contributed by atoms with Gasteiger partial charge < -0.3 is 9.47 Å². The average molecular weight is 333 g/mol. The number of aryl methyl sites for hydroxylation is 2. The van der Waals surface area contributed by atoms with Gasteiger partial charge in [-0.3, -0.25) is 4.79 Å². The summed E-state index contributed by atoms with van der Waals surface area (Å²) in [4.78, 5) is 15.4. The van der Waals surface area contributed by atoms with E-state index < -0.39 is 0 Å². The first-order valence-corrected chi connectivity index (χ1v) is 8.48. The Balaban J connectivity index is 0.00000156. The molecule has 1 aliphatic carbocycles. The first kappa shape index (κ1) is 16.5. The summed E-state index contributed by atoms with van der Waals surface area (Å²) in [5.74, 6) is 0.531. The predicted octanol–water partition coefficient (Wildman–Crippen LogP) is 3.71. The van der Waals surface area contributed by atoms with Crippen molar-refractivity contribution in [3.05, 3.63) is 35.0 Å². The van der Waals surface area contributed by atoms with Crippen LogP contribution in [0.1, 0.15) is 40.9 Å². The molecule has 2 heterocycles. The van der Waals surface area contributed by atoms with Crippen molar-refractivity contribution >= 4 is 29.1 Å². The van der Waals surface area contributed by atoms with Crippen LogP contribution in [0.4, 0.5) is 0 Å². The summed E-state index contributed by atoms with van der Waals surface area (Å²) >= 11 is 0. The van der Waals surface area contributed by atoms with Gasteiger partial charge in [0.25, 0.3) is 0 Å². The van der Waals surface area contributed by atoms with Crippen LogP contribution in [0.5, 0.6) is 0 Å².